The Morgan fingerprint density at radius 1 is 1.00 bits per heavy atom. The van der Waals surface area contributed by atoms with E-state index in [1.54, 1.807) is 0 Å². The van der Waals surface area contributed by atoms with Crippen LogP contribution in [0.15, 0.2) is 24.4 Å². The molecule has 0 amide bonds. The highest BCUT2D eigenvalue weighted by Gasteiger charge is 2.00. The molecule has 0 aliphatic rings. The summed E-state index contributed by atoms with van der Waals surface area (Å²) in [5.74, 6) is 1.04. The summed E-state index contributed by atoms with van der Waals surface area (Å²) in [6.45, 7) is 2.13. The van der Waals surface area contributed by atoms with E-state index >= 15 is 0 Å². The number of nitrogens with zero attached hydrogens (tertiary/aromatic N) is 2. The van der Waals surface area contributed by atoms with E-state index in [9.17, 15) is 0 Å². The van der Waals surface area contributed by atoms with Gasteiger partial charge in [0, 0.05) is 12.7 Å². The van der Waals surface area contributed by atoms with Gasteiger partial charge < -0.3 is 4.90 Å². The molecule has 1 aromatic heterocycles. The fourth-order valence-electron chi connectivity index (χ4n) is 2.22. The van der Waals surface area contributed by atoms with E-state index in [0.717, 1.165) is 18.0 Å². The van der Waals surface area contributed by atoms with E-state index < -0.39 is 0 Å². The van der Waals surface area contributed by atoms with Gasteiger partial charge in [0.1, 0.15) is 0 Å². The van der Waals surface area contributed by atoms with Gasteiger partial charge in [0.05, 0.1) is 5.69 Å². The number of hydrogen-bond acceptors (Lipinski definition) is 3. The molecule has 0 fully saturated rings. The van der Waals surface area contributed by atoms with Gasteiger partial charge in [-0.3, -0.25) is 4.98 Å². The van der Waals surface area contributed by atoms with Crippen LogP contribution in [0, 0.1) is 0 Å². The third-order valence-electron chi connectivity index (χ3n) is 3.36. The minimum absolute atomic E-state index is 0.961. The van der Waals surface area contributed by atoms with E-state index in [1.807, 2.05) is 12.3 Å². The van der Waals surface area contributed by atoms with Gasteiger partial charge in [-0.15, -0.1) is 0 Å². The molecule has 1 aromatic rings. The Morgan fingerprint density at radius 3 is 2.32 bits per heavy atom. The van der Waals surface area contributed by atoms with Gasteiger partial charge in [-0.25, -0.2) is 0 Å². The molecule has 0 aromatic carbocycles. The van der Waals surface area contributed by atoms with Crippen LogP contribution in [0.2, 0.25) is 0 Å². The number of aromatic nitrogens is 1. The third kappa shape index (κ3) is 9.06. The summed E-state index contributed by atoms with van der Waals surface area (Å²) in [4.78, 5) is 6.72. The first-order valence-electron chi connectivity index (χ1n) is 7.52. The number of thiol groups is 1. The number of unbranched alkanes of at least 4 members (excludes halogenated alkanes) is 6. The van der Waals surface area contributed by atoms with Gasteiger partial charge in [-0.05, 0) is 44.3 Å². The smallest absolute Gasteiger partial charge is 0.0543 e. The molecule has 1 rings (SSSR count). The van der Waals surface area contributed by atoms with Gasteiger partial charge in [0.15, 0.2) is 0 Å². The molecule has 0 N–H and O–H groups in total. The lowest BCUT2D eigenvalue weighted by molar-refractivity contribution is 0.313. The van der Waals surface area contributed by atoms with Crippen LogP contribution in [0.1, 0.15) is 50.6 Å². The monoisotopic (exact) mass is 280 g/mol. The normalized spacial score (nSPS) is 11.1. The Balaban J connectivity index is 1.94. The molecule has 0 atom stereocenters. The fraction of sp³-hybridized carbons (Fsp3) is 0.688. The SMILES string of the molecule is CN(CCCCCCCCCS)Cc1ccccn1. The number of rotatable bonds is 11. The molecular weight excluding hydrogens is 252 g/mol. The van der Waals surface area contributed by atoms with Crippen LogP contribution in [-0.4, -0.2) is 29.2 Å². The predicted octanol–water partition coefficient (Wildman–Crippen LogP) is 4.17. The van der Waals surface area contributed by atoms with Crippen molar-refractivity contribution in [3.05, 3.63) is 30.1 Å². The molecule has 1 heterocycles. The van der Waals surface area contributed by atoms with Crippen molar-refractivity contribution >= 4 is 12.6 Å². The molecule has 0 aliphatic carbocycles. The summed E-state index contributed by atoms with van der Waals surface area (Å²) in [6.07, 6.45) is 11.3. The van der Waals surface area contributed by atoms with Crippen molar-refractivity contribution in [2.75, 3.05) is 19.3 Å². The predicted molar refractivity (Wildman–Crippen MR) is 86.7 cm³/mol. The lowest BCUT2D eigenvalue weighted by Gasteiger charge is -2.15. The van der Waals surface area contributed by atoms with Crippen LogP contribution in [0.3, 0.4) is 0 Å². The highest BCUT2D eigenvalue weighted by atomic mass is 32.1. The zero-order chi connectivity index (χ0) is 13.8. The molecule has 0 radical (unpaired) electrons. The van der Waals surface area contributed by atoms with Crippen molar-refractivity contribution in [2.45, 2.75) is 51.5 Å². The molecule has 0 spiro atoms. The van der Waals surface area contributed by atoms with Gasteiger partial charge >= 0.3 is 0 Å². The summed E-state index contributed by atoms with van der Waals surface area (Å²) < 4.78 is 0. The largest absolute Gasteiger partial charge is 0.301 e. The second-order valence-corrected chi connectivity index (χ2v) is 5.70. The molecule has 2 nitrogen and oxygen atoms in total. The highest BCUT2D eigenvalue weighted by Crippen LogP contribution is 2.08. The van der Waals surface area contributed by atoms with Crippen molar-refractivity contribution in [1.29, 1.82) is 0 Å². The summed E-state index contributed by atoms with van der Waals surface area (Å²) in [5, 5.41) is 0. The third-order valence-corrected chi connectivity index (χ3v) is 3.67. The van der Waals surface area contributed by atoms with Crippen molar-refractivity contribution in [2.24, 2.45) is 0 Å². The van der Waals surface area contributed by atoms with Gasteiger partial charge in [0.2, 0.25) is 0 Å². The molecule has 108 valence electrons. The average molecular weight is 280 g/mol. The summed E-state index contributed by atoms with van der Waals surface area (Å²) in [5.41, 5.74) is 1.16. The maximum Gasteiger partial charge on any atom is 0.0543 e. The first-order valence-corrected chi connectivity index (χ1v) is 8.15. The van der Waals surface area contributed by atoms with E-state index in [1.165, 1.54) is 51.5 Å². The first-order chi connectivity index (χ1) is 9.33. The van der Waals surface area contributed by atoms with Crippen LogP contribution < -0.4 is 0 Å². The minimum Gasteiger partial charge on any atom is -0.301 e. The molecule has 0 saturated carbocycles. The summed E-state index contributed by atoms with van der Waals surface area (Å²) in [7, 11) is 2.18. The second kappa shape index (κ2) is 11.3. The Morgan fingerprint density at radius 2 is 1.68 bits per heavy atom. The van der Waals surface area contributed by atoms with Gasteiger partial charge in [-0.1, -0.05) is 38.2 Å². The van der Waals surface area contributed by atoms with E-state index in [0.29, 0.717) is 0 Å². The summed E-state index contributed by atoms with van der Waals surface area (Å²) >= 11 is 4.23. The lowest BCUT2D eigenvalue weighted by Crippen LogP contribution is -2.19. The molecule has 19 heavy (non-hydrogen) atoms. The van der Waals surface area contributed by atoms with Crippen LogP contribution in [-0.2, 0) is 6.54 Å². The molecule has 0 bridgehead atoms. The second-order valence-electron chi connectivity index (χ2n) is 5.26. The molecule has 0 unspecified atom stereocenters. The Bertz CT molecular complexity index is 303. The molecule has 0 aliphatic heterocycles. The maximum atomic E-state index is 4.36. The summed E-state index contributed by atoms with van der Waals surface area (Å²) in [6, 6.07) is 6.12. The topological polar surface area (TPSA) is 16.1 Å². The van der Waals surface area contributed by atoms with Crippen LogP contribution in [0.25, 0.3) is 0 Å². The zero-order valence-corrected chi connectivity index (χ0v) is 13.1. The van der Waals surface area contributed by atoms with Crippen LogP contribution in [0.4, 0.5) is 0 Å². The van der Waals surface area contributed by atoms with Crippen molar-refractivity contribution in [1.82, 2.24) is 9.88 Å². The van der Waals surface area contributed by atoms with Crippen molar-refractivity contribution < 1.29 is 0 Å². The highest BCUT2D eigenvalue weighted by molar-refractivity contribution is 7.80. The zero-order valence-electron chi connectivity index (χ0n) is 12.2. The average Bonchev–Trinajstić information content (AvgIpc) is 2.43. The van der Waals surface area contributed by atoms with E-state index in [2.05, 4.69) is 41.7 Å². The van der Waals surface area contributed by atoms with Gasteiger partial charge in [0.25, 0.3) is 0 Å². The quantitative estimate of drug-likeness (QED) is 0.483. The Kier molecular flexibility index (Phi) is 9.82. The fourth-order valence-corrected chi connectivity index (χ4v) is 2.45. The Hall–Kier alpha value is -0.540. The standard InChI is InChI=1S/C16H28N2S/c1-18(15-16-11-7-8-12-17-16)13-9-5-3-2-4-6-10-14-19/h7-8,11-12,19H,2-6,9-10,13-15H2,1H3. The van der Waals surface area contributed by atoms with E-state index in [4.69, 9.17) is 0 Å². The van der Waals surface area contributed by atoms with Crippen molar-refractivity contribution in [3.8, 4) is 0 Å². The Labute approximate surface area is 124 Å². The van der Waals surface area contributed by atoms with Crippen LogP contribution in [0.5, 0.6) is 0 Å². The minimum atomic E-state index is 0.961. The maximum absolute atomic E-state index is 4.36. The molecule has 0 saturated heterocycles. The van der Waals surface area contributed by atoms with Crippen LogP contribution >= 0.6 is 12.6 Å². The van der Waals surface area contributed by atoms with Crippen molar-refractivity contribution in [3.63, 3.8) is 0 Å². The first kappa shape index (κ1) is 16.5. The molecular formula is C16H28N2S. The lowest BCUT2D eigenvalue weighted by atomic mass is 10.1. The molecule has 3 heteroatoms. The number of hydrogen-bond donors (Lipinski definition) is 1. The van der Waals surface area contributed by atoms with E-state index in [-0.39, 0.29) is 0 Å². The number of pyridine rings is 1. The van der Waals surface area contributed by atoms with Gasteiger partial charge in [-0.2, -0.15) is 12.6 Å².